The van der Waals surface area contributed by atoms with Crippen LogP contribution in [0.2, 0.25) is 0 Å². The Labute approximate surface area is 165 Å². The molecule has 0 unspecified atom stereocenters. The van der Waals surface area contributed by atoms with Crippen LogP contribution in [-0.2, 0) is 0 Å². The lowest BCUT2D eigenvalue weighted by molar-refractivity contribution is -0.138. The maximum Gasteiger partial charge on any atom is 0.390 e. The topological polar surface area (TPSA) is 58.8 Å². The van der Waals surface area contributed by atoms with Crippen LogP contribution in [0.4, 0.5) is 19.0 Å². The number of methoxy groups -OCH3 is 1. The van der Waals surface area contributed by atoms with Gasteiger partial charge in [-0.15, -0.1) is 0 Å². The summed E-state index contributed by atoms with van der Waals surface area (Å²) in [4.78, 5) is 12.9. The van der Waals surface area contributed by atoms with Gasteiger partial charge in [0.25, 0.3) is 0 Å². The van der Waals surface area contributed by atoms with Crippen LogP contribution in [-0.4, -0.2) is 70.5 Å². The monoisotopic (exact) mass is 406 g/mol. The molecular weight excluding hydrogens is 385 g/mol. The third-order valence-electron chi connectivity index (χ3n) is 5.02. The number of hydrogen-bond acceptors (Lipinski definition) is 6. The summed E-state index contributed by atoms with van der Waals surface area (Å²) in [5.74, 6) is 1.27. The summed E-state index contributed by atoms with van der Waals surface area (Å²) in [7, 11) is 1.56. The zero-order chi connectivity index (χ0) is 20.4. The number of rotatable bonds is 5. The van der Waals surface area contributed by atoms with Gasteiger partial charge in [0.1, 0.15) is 5.82 Å². The zero-order valence-corrected chi connectivity index (χ0v) is 15.9. The van der Waals surface area contributed by atoms with Crippen LogP contribution in [0.1, 0.15) is 6.42 Å². The van der Waals surface area contributed by atoms with Crippen LogP contribution in [0.25, 0.3) is 16.8 Å². The highest BCUT2D eigenvalue weighted by Crippen LogP contribution is 2.31. The molecule has 0 aromatic carbocycles. The van der Waals surface area contributed by atoms with Crippen LogP contribution >= 0.6 is 0 Å². The summed E-state index contributed by atoms with van der Waals surface area (Å²) in [5, 5.41) is 4.35. The van der Waals surface area contributed by atoms with Gasteiger partial charge in [0.2, 0.25) is 5.88 Å². The van der Waals surface area contributed by atoms with Gasteiger partial charge in [-0.25, -0.2) is 14.5 Å². The van der Waals surface area contributed by atoms with E-state index in [9.17, 15) is 13.2 Å². The maximum atomic E-state index is 12.4. The van der Waals surface area contributed by atoms with E-state index < -0.39 is 12.6 Å². The van der Waals surface area contributed by atoms with E-state index in [4.69, 9.17) is 9.72 Å². The van der Waals surface area contributed by atoms with E-state index in [2.05, 4.69) is 15.0 Å². The molecule has 0 radical (unpaired) electrons. The van der Waals surface area contributed by atoms with Crippen molar-refractivity contribution >= 4 is 11.5 Å². The SMILES string of the molecule is COc1ncccc1-c1cnn2ccc(N3CCN(CCC(F)(F)F)CC3)nc12. The fourth-order valence-corrected chi connectivity index (χ4v) is 3.47. The Kier molecular flexibility index (Phi) is 5.27. The molecule has 1 aliphatic rings. The molecule has 0 bridgehead atoms. The number of pyridine rings is 1. The highest BCUT2D eigenvalue weighted by Gasteiger charge is 2.29. The molecule has 4 rings (SSSR count). The van der Waals surface area contributed by atoms with Gasteiger partial charge in [-0.1, -0.05) is 0 Å². The van der Waals surface area contributed by atoms with Crippen molar-refractivity contribution < 1.29 is 17.9 Å². The molecule has 0 aliphatic carbocycles. The summed E-state index contributed by atoms with van der Waals surface area (Å²) in [6.45, 7) is 2.44. The van der Waals surface area contributed by atoms with Gasteiger partial charge in [-0.2, -0.15) is 18.3 Å². The lowest BCUT2D eigenvalue weighted by Crippen LogP contribution is -2.47. The average molecular weight is 406 g/mol. The number of hydrogen-bond donors (Lipinski definition) is 0. The second kappa shape index (κ2) is 7.86. The average Bonchev–Trinajstić information content (AvgIpc) is 3.15. The molecule has 154 valence electrons. The molecule has 3 aromatic heterocycles. The zero-order valence-electron chi connectivity index (χ0n) is 15.9. The molecule has 0 saturated carbocycles. The van der Waals surface area contributed by atoms with E-state index in [1.165, 1.54) is 0 Å². The Morgan fingerprint density at radius 1 is 1.10 bits per heavy atom. The van der Waals surface area contributed by atoms with Gasteiger partial charge in [-0.3, -0.25) is 4.90 Å². The van der Waals surface area contributed by atoms with E-state index in [1.54, 1.807) is 24.0 Å². The second-order valence-electron chi connectivity index (χ2n) is 6.87. The summed E-state index contributed by atoms with van der Waals surface area (Å²) < 4.78 is 44.3. The minimum Gasteiger partial charge on any atom is -0.481 e. The van der Waals surface area contributed by atoms with Crippen molar-refractivity contribution in [2.24, 2.45) is 0 Å². The summed E-state index contributed by atoms with van der Waals surface area (Å²) in [5.41, 5.74) is 2.28. The van der Waals surface area contributed by atoms with Crippen molar-refractivity contribution in [3.8, 4) is 17.0 Å². The third-order valence-corrected chi connectivity index (χ3v) is 5.02. The number of piperazine rings is 1. The van der Waals surface area contributed by atoms with E-state index in [1.807, 2.05) is 29.3 Å². The molecule has 0 amide bonds. The largest absolute Gasteiger partial charge is 0.481 e. The Balaban J connectivity index is 1.53. The second-order valence-corrected chi connectivity index (χ2v) is 6.87. The summed E-state index contributed by atoms with van der Waals surface area (Å²) in [6.07, 6.45) is 0.324. The van der Waals surface area contributed by atoms with Gasteiger partial charge in [0, 0.05) is 50.7 Å². The van der Waals surface area contributed by atoms with E-state index >= 15 is 0 Å². The van der Waals surface area contributed by atoms with Crippen molar-refractivity contribution in [2.45, 2.75) is 12.6 Å². The van der Waals surface area contributed by atoms with Crippen LogP contribution in [0, 0.1) is 0 Å². The van der Waals surface area contributed by atoms with E-state index in [0.29, 0.717) is 37.7 Å². The fourth-order valence-electron chi connectivity index (χ4n) is 3.47. The lowest BCUT2D eigenvalue weighted by Gasteiger charge is -2.35. The van der Waals surface area contributed by atoms with E-state index in [-0.39, 0.29) is 6.54 Å². The minimum atomic E-state index is -4.12. The first-order chi connectivity index (χ1) is 13.9. The van der Waals surface area contributed by atoms with Gasteiger partial charge >= 0.3 is 6.18 Å². The van der Waals surface area contributed by atoms with Gasteiger partial charge in [0.05, 0.1) is 25.3 Å². The summed E-state index contributed by atoms with van der Waals surface area (Å²) in [6, 6.07) is 5.59. The first-order valence-electron chi connectivity index (χ1n) is 9.32. The molecule has 4 heterocycles. The molecule has 1 saturated heterocycles. The number of aromatic nitrogens is 4. The Morgan fingerprint density at radius 3 is 2.62 bits per heavy atom. The van der Waals surface area contributed by atoms with Crippen LogP contribution in [0.3, 0.4) is 0 Å². The Hall–Kier alpha value is -2.88. The number of fused-ring (bicyclic) bond motifs is 1. The molecule has 0 spiro atoms. The Bertz CT molecular complexity index is 981. The predicted octanol–water partition coefficient (Wildman–Crippen LogP) is 2.87. The number of alkyl halides is 3. The predicted molar refractivity (Wildman–Crippen MR) is 102 cm³/mol. The van der Waals surface area contributed by atoms with Crippen molar-refractivity contribution in [2.75, 3.05) is 44.7 Å². The number of anilines is 1. The molecule has 1 aliphatic heterocycles. The minimum absolute atomic E-state index is 0.0391. The normalized spacial score (nSPS) is 15.8. The first-order valence-corrected chi connectivity index (χ1v) is 9.32. The molecular formula is C19H21F3N6O. The van der Waals surface area contributed by atoms with Crippen LogP contribution in [0.15, 0.2) is 36.8 Å². The molecule has 10 heteroatoms. The van der Waals surface area contributed by atoms with Gasteiger partial charge < -0.3 is 9.64 Å². The van der Waals surface area contributed by atoms with Gasteiger partial charge in [-0.05, 0) is 18.2 Å². The molecule has 7 nitrogen and oxygen atoms in total. The van der Waals surface area contributed by atoms with Crippen LogP contribution in [0.5, 0.6) is 5.88 Å². The molecule has 3 aromatic rings. The highest BCUT2D eigenvalue weighted by atomic mass is 19.4. The van der Waals surface area contributed by atoms with Gasteiger partial charge in [0.15, 0.2) is 5.65 Å². The molecule has 0 atom stereocenters. The Morgan fingerprint density at radius 2 is 1.90 bits per heavy atom. The quantitative estimate of drug-likeness (QED) is 0.650. The van der Waals surface area contributed by atoms with Crippen molar-refractivity contribution in [3.63, 3.8) is 0 Å². The maximum absolute atomic E-state index is 12.4. The number of ether oxygens (including phenoxy) is 1. The number of nitrogens with zero attached hydrogens (tertiary/aromatic N) is 6. The fraction of sp³-hybridized carbons (Fsp3) is 0.421. The highest BCUT2D eigenvalue weighted by molar-refractivity contribution is 5.80. The molecule has 1 fully saturated rings. The first kappa shape index (κ1) is 19.4. The van der Waals surface area contributed by atoms with Crippen LogP contribution < -0.4 is 9.64 Å². The standard InChI is InChI=1S/C19H21F3N6O/c1-29-18-14(3-2-6-23-18)15-13-24-28-7-4-16(25-17(15)28)27-11-9-26(10-12-27)8-5-19(20,21)22/h2-4,6-7,13H,5,8-12H2,1H3. The number of halogens is 3. The smallest absolute Gasteiger partial charge is 0.390 e. The lowest BCUT2D eigenvalue weighted by atomic mass is 10.1. The van der Waals surface area contributed by atoms with Crippen molar-refractivity contribution in [1.82, 2.24) is 24.5 Å². The van der Waals surface area contributed by atoms with E-state index in [0.717, 1.165) is 16.9 Å². The third kappa shape index (κ3) is 4.26. The summed E-state index contributed by atoms with van der Waals surface area (Å²) >= 11 is 0. The molecule has 0 N–H and O–H groups in total. The van der Waals surface area contributed by atoms with Crippen molar-refractivity contribution in [3.05, 3.63) is 36.8 Å². The van der Waals surface area contributed by atoms with Crippen molar-refractivity contribution in [1.29, 1.82) is 0 Å². The molecule has 29 heavy (non-hydrogen) atoms.